The molecule has 0 saturated carbocycles. The van der Waals surface area contributed by atoms with Crippen molar-refractivity contribution in [1.82, 2.24) is 5.32 Å². The zero-order valence-electron chi connectivity index (χ0n) is 16.1. The quantitative estimate of drug-likeness (QED) is 0.692. The van der Waals surface area contributed by atoms with Crippen LogP contribution in [-0.4, -0.2) is 32.3 Å². The smallest absolute Gasteiger partial charge is 0.319 e. The van der Waals surface area contributed by atoms with Crippen LogP contribution in [0.1, 0.15) is 25.0 Å². The third-order valence-electron chi connectivity index (χ3n) is 4.39. The second-order valence-electron chi connectivity index (χ2n) is 6.19. The van der Waals surface area contributed by atoms with Gasteiger partial charge in [0.2, 0.25) is 0 Å². The Morgan fingerprint density at radius 2 is 1.69 bits per heavy atom. The Labute approximate surface area is 156 Å². The number of carbonyl (C=O) groups excluding carboxylic acids is 1. The molecule has 0 aromatic heterocycles. The molecule has 0 aliphatic heterocycles. The van der Waals surface area contributed by atoms with Crippen molar-refractivity contribution >= 4 is 17.4 Å². The van der Waals surface area contributed by atoms with E-state index < -0.39 is 0 Å². The molecule has 0 atom stereocenters. The Kier molecular flexibility index (Phi) is 7.33. The number of nitrogens with one attached hydrogen (secondary N) is 2. The lowest BCUT2D eigenvalue weighted by Crippen LogP contribution is -2.32. The van der Waals surface area contributed by atoms with E-state index in [9.17, 15) is 4.79 Å². The van der Waals surface area contributed by atoms with Crippen molar-refractivity contribution in [1.29, 1.82) is 0 Å². The molecule has 2 rings (SSSR count). The van der Waals surface area contributed by atoms with Crippen LogP contribution in [0, 0.1) is 13.8 Å². The van der Waals surface area contributed by atoms with Gasteiger partial charge in [-0.05, 0) is 75.2 Å². The second kappa shape index (κ2) is 9.70. The van der Waals surface area contributed by atoms with Gasteiger partial charge in [0, 0.05) is 24.5 Å². The fourth-order valence-electron chi connectivity index (χ4n) is 2.66. The minimum Gasteiger partial charge on any atom is -0.492 e. The topological polar surface area (TPSA) is 53.6 Å². The van der Waals surface area contributed by atoms with Crippen LogP contribution in [0.5, 0.6) is 5.75 Å². The summed E-state index contributed by atoms with van der Waals surface area (Å²) < 4.78 is 5.66. The normalized spacial score (nSPS) is 10.3. The van der Waals surface area contributed by atoms with Crippen molar-refractivity contribution in [2.75, 3.05) is 36.5 Å². The number of hydrogen-bond acceptors (Lipinski definition) is 3. The predicted molar refractivity (Wildman–Crippen MR) is 108 cm³/mol. The highest BCUT2D eigenvalue weighted by Crippen LogP contribution is 2.18. The molecule has 0 aliphatic carbocycles. The van der Waals surface area contributed by atoms with Gasteiger partial charge in [0.1, 0.15) is 12.4 Å². The monoisotopic (exact) mass is 355 g/mol. The molecule has 0 radical (unpaired) electrons. The van der Waals surface area contributed by atoms with Crippen LogP contribution >= 0.6 is 0 Å². The Bertz CT molecular complexity index is 710. The van der Waals surface area contributed by atoms with Gasteiger partial charge in [-0.1, -0.05) is 6.07 Å². The van der Waals surface area contributed by atoms with Gasteiger partial charge in [-0.2, -0.15) is 0 Å². The molecule has 0 heterocycles. The molecule has 0 bridgehead atoms. The fraction of sp³-hybridized carbons (Fsp3) is 0.381. The highest BCUT2D eigenvalue weighted by atomic mass is 16.5. The largest absolute Gasteiger partial charge is 0.492 e. The maximum Gasteiger partial charge on any atom is 0.319 e. The molecule has 0 fully saturated rings. The van der Waals surface area contributed by atoms with Gasteiger partial charge >= 0.3 is 6.03 Å². The van der Waals surface area contributed by atoms with E-state index >= 15 is 0 Å². The Balaban J connectivity index is 1.73. The minimum absolute atomic E-state index is 0.232. The lowest BCUT2D eigenvalue weighted by atomic mass is 10.1. The van der Waals surface area contributed by atoms with E-state index in [1.807, 2.05) is 42.5 Å². The maximum absolute atomic E-state index is 12.0. The van der Waals surface area contributed by atoms with Gasteiger partial charge < -0.3 is 20.3 Å². The summed E-state index contributed by atoms with van der Waals surface area (Å²) in [6.45, 7) is 11.2. The molecule has 2 N–H and O–H groups in total. The molecule has 2 aromatic rings. The molecule has 2 amide bonds. The van der Waals surface area contributed by atoms with Gasteiger partial charge in [-0.3, -0.25) is 0 Å². The predicted octanol–water partition coefficient (Wildman–Crippen LogP) is 4.35. The van der Waals surface area contributed by atoms with Crippen LogP contribution in [0.25, 0.3) is 0 Å². The number of carbonyl (C=O) groups is 1. The first-order valence-corrected chi connectivity index (χ1v) is 9.13. The van der Waals surface area contributed by atoms with E-state index in [2.05, 4.69) is 43.2 Å². The van der Waals surface area contributed by atoms with E-state index in [4.69, 9.17) is 4.74 Å². The lowest BCUT2D eigenvalue weighted by molar-refractivity contribution is 0.247. The standard InChI is InChI=1S/C21H29N3O2/c1-5-24(6-2)19-10-8-18(9-11-19)23-21(25)22-13-14-26-20-12-7-16(3)17(4)15-20/h7-12,15H,5-6,13-14H2,1-4H3,(H2,22,23,25). The molecule has 26 heavy (non-hydrogen) atoms. The highest BCUT2D eigenvalue weighted by molar-refractivity contribution is 5.89. The fourth-order valence-corrected chi connectivity index (χ4v) is 2.66. The summed E-state index contributed by atoms with van der Waals surface area (Å²) in [5, 5.41) is 5.64. The van der Waals surface area contributed by atoms with Gasteiger partial charge in [-0.15, -0.1) is 0 Å². The van der Waals surface area contributed by atoms with Crippen LogP contribution in [-0.2, 0) is 0 Å². The number of hydrogen-bond donors (Lipinski definition) is 2. The molecule has 0 saturated heterocycles. The number of ether oxygens (including phenoxy) is 1. The Morgan fingerprint density at radius 3 is 2.31 bits per heavy atom. The van der Waals surface area contributed by atoms with Gasteiger partial charge in [0.05, 0.1) is 6.54 Å². The first-order valence-electron chi connectivity index (χ1n) is 9.13. The SMILES string of the molecule is CCN(CC)c1ccc(NC(=O)NCCOc2ccc(C)c(C)c2)cc1. The average Bonchev–Trinajstić information content (AvgIpc) is 2.64. The van der Waals surface area contributed by atoms with Gasteiger partial charge in [0.15, 0.2) is 0 Å². The van der Waals surface area contributed by atoms with Gasteiger partial charge in [0.25, 0.3) is 0 Å². The number of rotatable bonds is 8. The van der Waals surface area contributed by atoms with Crippen molar-refractivity contribution in [3.63, 3.8) is 0 Å². The van der Waals surface area contributed by atoms with Crippen LogP contribution in [0.4, 0.5) is 16.2 Å². The zero-order chi connectivity index (χ0) is 18.9. The zero-order valence-corrected chi connectivity index (χ0v) is 16.1. The lowest BCUT2D eigenvalue weighted by Gasteiger charge is -2.21. The van der Waals surface area contributed by atoms with E-state index in [-0.39, 0.29) is 6.03 Å². The summed E-state index contributed by atoms with van der Waals surface area (Å²) in [4.78, 5) is 14.2. The summed E-state index contributed by atoms with van der Waals surface area (Å²) in [7, 11) is 0. The number of urea groups is 1. The summed E-state index contributed by atoms with van der Waals surface area (Å²) in [6, 6.07) is 13.6. The first kappa shape index (κ1) is 19.6. The van der Waals surface area contributed by atoms with E-state index in [0.29, 0.717) is 13.2 Å². The van der Waals surface area contributed by atoms with E-state index in [1.165, 1.54) is 11.1 Å². The number of anilines is 2. The Morgan fingerprint density at radius 1 is 1.00 bits per heavy atom. The number of amides is 2. The molecular weight excluding hydrogens is 326 g/mol. The van der Waals surface area contributed by atoms with Crippen LogP contribution in [0.2, 0.25) is 0 Å². The van der Waals surface area contributed by atoms with Crippen LogP contribution < -0.4 is 20.3 Å². The maximum atomic E-state index is 12.0. The van der Waals surface area contributed by atoms with Crippen molar-refractivity contribution in [2.45, 2.75) is 27.7 Å². The number of benzene rings is 2. The molecular formula is C21H29N3O2. The highest BCUT2D eigenvalue weighted by Gasteiger charge is 2.04. The molecule has 0 aliphatic rings. The summed E-state index contributed by atoms with van der Waals surface area (Å²) in [5.41, 5.74) is 4.36. The first-order chi connectivity index (χ1) is 12.5. The third kappa shape index (κ3) is 5.69. The average molecular weight is 355 g/mol. The molecule has 2 aromatic carbocycles. The number of nitrogens with zero attached hydrogens (tertiary/aromatic N) is 1. The van der Waals surface area contributed by atoms with Crippen molar-refractivity contribution in [3.8, 4) is 5.75 Å². The van der Waals surface area contributed by atoms with Crippen molar-refractivity contribution in [2.24, 2.45) is 0 Å². The molecule has 5 heteroatoms. The second-order valence-corrected chi connectivity index (χ2v) is 6.19. The van der Waals surface area contributed by atoms with Crippen LogP contribution in [0.15, 0.2) is 42.5 Å². The molecule has 0 unspecified atom stereocenters. The van der Waals surface area contributed by atoms with Crippen molar-refractivity contribution in [3.05, 3.63) is 53.6 Å². The van der Waals surface area contributed by atoms with E-state index in [1.54, 1.807) is 0 Å². The molecule has 140 valence electrons. The summed E-state index contributed by atoms with van der Waals surface area (Å²) >= 11 is 0. The molecule has 0 spiro atoms. The van der Waals surface area contributed by atoms with E-state index in [0.717, 1.165) is 30.2 Å². The van der Waals surface area contributed by atoms with Crippen molar-refractivity contribution < 1.29 is 9.53 Å². The summed E-state index contributed by atoms with van der Waals surface area (Å²) in [6.07, 6.45) is 0. The summed E-state index contributed by atoms with van der Waals surface area (Å²) in [5.74, 6) is 0.822. The Hall–Kier alpha value is -2.69. The minimum atomic E-state index is -0.232. The van der Waals surface area contributed by atoms with Gasteiger partial charge in [-0.25, -0.2) is 4.79 Å². The van der Waals surface area contributed by atoms with Crippen LogP contribution in [0.3, 0.4) is 0 Å². The number of aryl methyl sites for hydroxylation is 2. The third-order valence-corrected chi connectivity index (χ3v) is 4.39. The molecule has 5 nitrogen and oxygen atoms in total.